The number of ether oxygens (including phenoxy) is 1. The van der Waals surface area contributed by atoms with Gasteiger partial charge in [-0.15, -0.1) is 11.3 Å². The van der Waals surface area contributed by atoms with E-state index in [4.69, 9.17) is 37.6 Å². The zero-order chi connectivity index (χ0) is 98.2. The Labute approximate surface area is 767 Å². The van der Waals surface area contributed by atoms with Crippen LogP contribution in [0.15, 0.2) is 158 Å². The molecule has 0 saturated heterocycles. The fourth-order valence-electron chi connectivity index (χ4n) is 12.5. The molecule has 10 rings (SSSR count). The molecule has 0 aliphatic heterocycles. The highest BCUT2D eigenvalue weighted by molar-refractivity contribution is 7.10. The maximum absolute atomic E-state index is 10.7. The molecule has 3 aromatic carbocycles. The van der Waals surface area contributed by atoms with Crippen LogP contribution in [0.4, 0.5) is 28.4 Å². The zero-order valence-electron chi connectivity index (χ0n) is 79.9. The summed E-state index contributed by atoms with van der Waals surface area (Å²) in [5.41, 5.74) is 15.1. The van der Waals surface area contributed by atoms with Gasteiger partial charge in [0, 0.05) is 111 Å². The number of benzene rings is 3. The number of pyridine rings is 5. The molecule has 680 valence electrons. The van der Waals surface area contributed by atoms with Crippen molar-refractivity contribution in [2.24, 2.45) is 0 Å². The van der Waals surface area contributed by atoms with Crippen molar-refractivity contribution in [2.75, 3.05) is 7.11 Å². The Balaban J connectivity index is 0.000000718. The van der Waals surface area contributed by atoms with Crippen molar-refractivity contribution in [3.63, 3.8) is 0 Å². The minimum Gasteiger partial charge on any atom is -0.495 e. The first-order valence-corrected chi connectivity index (χ1v) is 43.7. The van der Waals surface area contributed by atoms with E-state index in [9.17, 15) is 45.7 Å². The quantitative estimate of drug-likeness (QED) is 0.0366. The van der Waals surface area contributed by atoms with Gasteiger partial charge < -0.3 is 4.74 Å². The standard InChI is InChI=1S/C13H18N2O.C11H15N3.C11H15NS.C10H10N2O2.C10H12N2.C10H13NO2.C10H11N.C9H12N2O2.C9H10N2.C8H10N2O2/c1-5-13(3,6-2)12-10(9-14)11(16-4)7-8-15-12;1-4-11(3,5-2)10-9(8-12)13-6-7-14-10;1-4-11(3,5-2)10-9(8-12)6-7-13-10;1-7(2)9-6-8(11-3)4-5-10(9)12(13)14;1-7(2)10-9(6-11)5-4-8(3)12-10;1-7(2)9-6-8(3)4-5-10(9)11(12)13;1-8(2)10-6-4-3-5-9(10)7-11;1-6(2)9-8(11(12)13)5-4-7(3)10-9;1-7(2)9-8(6-10)4-3-5-11-9;1-6(2)8-7(10(11)12)4-3-5-9-8/h7-8H,5-6H2,1-4H3;6-7H,4-5H2,1-3H3;6-7H,4-5H2,1-3H3;4-7H,1-2H3;4-5,7H,1-3H3;4-7H,1-3H3;3-6,8H,1-2H3;4-6H,1-3H3;3-5,7H,1-2H3;3-6H,1-2H3. The van der Waals surface area contributed by atoms with Gasteiger partial charge in [-0.05, 0) is 173 Å². The van der Waals surface area contributed by atoms with Crippen molar-refractivity contribution in [1.29, 1.82) is 31.6 Å². The molecule has 0 aliphatic rings. The minimum atomic E-state index is -0.414. The molecule has 129 heavy (non-hydrogen) atoms. The average Bonchev–Trinajstić information content (AvgIpc) is 1.62. The molecular formula is C101H126N18O9S. The van der Waals surface area contributed by atoms with Crippen LogP contribution in [0.5, 0.6) is 5.75 Å². The summed E-state index contributed by atoms with van der Waals surface area (Å²) in [6.45, 7) is 59.4. The van der Waals surface area contributed by atoms with Crippen LogP contribution in [0, 0.1) is 136 Å². The second kappa shape index (κ2) is 56.9. The molecule has 28 heteroatoms. The van der Waals surface area contributed by atoms with Gasteiger partial charge in [-0.2, -0.15) is 31.6 Å². The van der Waals surface area contributed by atoms with Gasteiger partial charge in [0.05, 0.1) is 84.5 Å². The molecule has 0 N–H and O–H groups in total. The van der Waals surface area contributed by atoms with Crippen LogP contribution in [0.1, 0.15) is 345 Å². The van der Waals surface area contributed by atoms with Crippen LogP contribution in [-0.2, 0) is 16.2 Å². The van der Waals surface area contributed by atoms with Crippen molar-refractivity contribution < 1.29 is 24.4 Å². The molecule has 0 saturated carbocycles. The summed E-state index contributed by atoms with van der Waals surface area (Å²) in [4.78, 5) is 74.6. The summed E-state index contributed by atoms with van der Waals surface area (Å²) in [5, 5.41) is 97.6. The number of hydrogen-bond donors (Lipinski definition) is 0. The van der Waals surface area contributed by atoms with Gasteiger partial charge in [0.25, 0.3) is 22.7 Å². The third kappa shape index (κ3) is 35.1. The van der Waals surface area contributed by atoms with Gasteiger partial charge in [-0.25, -0.2) is 9.83 Å². The van der Waals surface area contributed by atoms with Gasteiger partial charge in [-0.1, -0.05) is 189 Å². The van der Waals surface area contributed by atoms with Crippen molar-refractivity contribution >= 4 is 39.8 Å². The Kier molecular flexibility index (Phi) is 49.8. The highest BCUT2D eigenvalue weighted by Gasteiger charge is 2.31. The van der Waals surface area contributed by atoms with E-state index in [0.717, 1.165) is 101 Å². The molecule has 0 spiro atoms. The van der Waals surface area contributed by atoms with E-state index in [1.165, 1.54) is 29.1 Å². The van der Waals surface area contributed by atoms with E-state index >= 15 is 0 Å². The smallest absolute Gasteiger partial charge is 0.291 e. The first kappa shape index (κ1) is 113. The third-order valence-electron chi connectivity index (χ3n) is 21.5. The Hall–Kier alpha value is -14.0. The van der Waals surface area contributed by atoms with Crippen molar-refractivity contribution in [2.45, 2.75) is 276 Å². The van der Waals surface area contributed by atoms with E-state index < -0.39 is 9.85 Å². The summed E-state index contributed by atoms with van der Waals surface area (Å²) < 4.78 is 5.20. The Morgan fingerprint density at radius 3 is 1.26 bits per heavy atom. The number of methoxy groups -OCH3 is 1. The highest BCUT2D eigenvalue weighted by Crippen LogP contribution is 2.39. The molecule has 10 aromatic rings. The Morgan fingerprint density at radius 1 is 0.403 bits per heavy atom. The summed E-state index contributed by atoms with van der Waals surface area (Å²) in [6.07, 6.45) is 14.3. The van der Waals surface area contributed by atoms with E-state index in [1.807, 2.05) is 158 Å². The number of rotatable bonds is 21. The predicted octanol–water partition coefficient (Wildman–Crippen LogP) is 27.1. The number of thiophene rings is 1. The maximum atomic E-state index is 10.7. The fourth-order valence-corrected chi connectivity index (χ4v) is 13.7. The number of hydrogen-bond acceptors (Lipinski definition) is 23. The Morgan fingerprint density at radius 2 is 0.822 bits per heavy atom. The van der Waals surface area contributed by atoms with E-state index in [2.05, 4.69) is 152 Å². The van der Waals surface area contributed by atoms with Crippen LogP contribution in [0.2, 0.25) is 0 Å². The summed E-state index contributed by atoms with van der Waals surface area (Å²) in [5.74, 6) is 2.11. The summed E-state index contributed by atoms with van der Waals surface area (Å²) in [6, 6.07) is 47.5. The lowest BCUT2D eigenvalue weighted by molar-refractivity contribution is -0.386. The van der Waals surface area contributed by atoms with Gasteiger partial charge in [0.1, 0.15) is 53.0 Å². The van der Waals surface area contributed by atoms with Gasteiger partial charge in [-0.3, -0.25) is 70.4 Å². The highest BCUT2D eigenvalue weighted by atomic mass is 32.1. The van der Waals surface area contributed by atoms with Crippen molar-refractivity contribution in [1.82, 2.24) is 34.9 Å². The monoisotopic (exact) mass is 1770 g/mol. The zero-order valence-corrected chi connectivity index (χ0v) is 80.7. The molecule has 0 bridgehead atoms. The molecule has 0 amide bonds. The van der Waals surface area contributed by atoms with Crippen LogP contribution in [0.25, 0.3) is 4.85 Å². The third-order valence-corrected chi connectivity index (χ3v) is 22.7. The average molecular weight is 1770 g/mol. The molecular weight excluding hydrogens is 1640 g/mol. The number of aryl methyl sites for hydroxylation is 3. The predicted molar refractivity (Wildman–Crippen MR) is 511 cm³/mol. The lowest BCUT2D eigenvalue weighted by Crippen LogP contribution is -2.23. The largest absolute Gasteiger partial charge is 0.495 e. The van der Waals surface area contributed by atoms with Crippen LogP contribution in [-0.4, -0.2) is 61.7 Å². The van der Waals surface area contributed by atoms with Gasteiger partial charge in [0.2, 0.25) is 0 Å². The van der Waals surface area contributed by atoms with Crippen molar-refractivity contribution in [3.05, 3.63) is 316 Å². The molecule has 0 atom stereocenters. The lowest BCUT2D eigenvalue weighted by Gasteiger charge is -2.27. The molecule has 0 radical (unpaired) electrons. The number of aromatic nitrogens is 7. The number of nitriles is 6. The first-order chi connectivity index (χ1) is 60.9. The second-order valence-electron chi connectivity index (χ2n) is 32.8. The van der Waals surface area contributed by atoms with Gasteiger partial charge in [0.15, 0.2) is 11.4 Å². The SMILES string of the molecule is CC(C)c1ccccc1C#N.CC(C)c1ncccc1C#N.CC(C)c1ncccc1[N+](=O)[O-].CCC(C)(CC)c1nccc(OC)c1C#N.CCC(C)(CC)c1nccnc1C#N.CCC(C)(CC)c1sccc1C#N.Cc1ccc(C#N)c(C(C)C)n1.Cc1ccc([N+](=O)[O-])c(C(C)C)c1.Cc1ccc([N+](=O)[O-])c(C(C)C)n1.[C-]#[N+]c1ccc([N+](=O)[O-])c(C(C)C)c1. The Bertz CT molecular complexity index is 5470. The lowest BCUT2D eigenvalue weighted by atomic mass is 9.79. The number of nitro benzene ring substituents is 2. The van der Waals surface area contributed by atoms with Gasteiger partial charge >= 0.3 is 0 Å². The summed E-state index contributed by atoms with van der Waals surface area (Å²) >= 11 is 1.71. The molecule has 0 fully saturated rings. The fraction of sp³-hybridized carbons (Fsp3) is 0.426. The van der Waals surface area contributed by atoms with Crippen molar-refractivity contribution in [3.8, 4) is 42.2 Å². The van der Waals surface area contributed by atoms with E-state index in [-0.39, 0.29) is 72.5 Å². The maximum Gasteiger partial charge on any atom is 0.291 e. The topological polar surface area (TPSA) is 419 Å². The molecule has 7 aromatic heterocycles. The molecule has 7 heterocycles. The number of nitro groups is 4. The van der Waals surface area contributed by atoms with Crippen LogP contribution >= 0.6 is 11.3 Å². The minimum absolute atomic E-state index is 0.0284. The second-order valence-corrected chi connectivity index (χ2v) is 33.7. The molecule has 27 nitrogen and oxygen atoms in total. The normalized spacial score (nSPS) is 10.4. The summed E-state index contributed by atoms with van der Waals surface area (Å²) in [7, 11) is 1.58. The van der Waals surface area contributed by atoms with E-state index in [1.54, 1.807) is 98.0 Å². The first-order valence-electron chi connectivity index (χ1n) is 42.8. The van der Waals surface area contributed by atoms with E-state index in [0.29, 0.717) is 68.5 Å². The van der Waals surface area contributed by atoms with Crippen LogP contribution < -0.4 is 4.74 Å². The molecule has 0 unspecified atom stereocenters. The number of nitrogens with zero attached hydrogens (tertiary/aromatic N) is 18. The van der Waals surface area contributed by atoms with Crippen LogP contribution in [0.3, 0.4) is 0 Å². The molecule has 0 aliphatic carbocycles.